The molecule has 0 bridgehead atoms. The fourth-order valence-electron chi connectivity index (χ4n) is 4.12. The van der Waals surface area contributed by atoms with Crippen molar-refractivity contribution in [3.8, 4) is 0 Å². The molecule has 11 heteroatoms. The molecule has 0 radical (unpaired) electrons. The molecule has 1 aliphatic rings. The van der Waals surface area contributed by atoms with E-state index in [1.807, 2.05) is 31.2 Å². The van der Waals surface area contributed by atoms with E-state index in [1.54, 1.807) is 0 Å². The number of nitrogens with one attached hydrogen (secondary N) is 2. The van der Waals surface area contributed by atoms with Crippen LogP contribution in [-0.4, -0.2) is 49.7 Å². The smallest absolute Gasteiger partial charge is 0.351 e. The van der Waals surface area contributed by atoms with Gasteiger partial charge in [-0.1, -0.05) is 36.4 Å². The van der Waals surface area contributed by atoms with Gasteiger partial charge in [0.05, 0.1) is 10.5 Å². The van der Waals surface area contributed by atoms with Crippen molar-refractivity contribution in [3.63, 3.8) is 0 Å². The summed E-state index contributed by atoms with van der Waals surface area (Å²) in [5.74, 6) is -0.754. The van der Waals surface area contributed by atoms with Gasteiger partial charge < -0.3 is 10.6 Å². The topological polar surface area (TPSA) is 95.6 Å². The molecule has 2 aromatic carbocycles. The molecule has 1 aliphatic heterocycles. The number of hydrogen-bond acceptors (Lipinski definition) is 4. The number of piperidine rings is 1. The van der Waals surface area contributed by atoms with Gasteiger partial charge in [0, 0.05) is 32.5 Å². The fourth-order valence-corrected chi connectivity index (χ4v) is 5.80. The highest BCUT2D eigenvalue weighted by Gasteiger charge is 2.39. The van der Waals surface area contributed by atoms with Crippen molar-refractivity contribution in [1.82, 2.24) is 14.9 Å². The zero-order valence-electron chi connectivity index (χ0n) is 19.4. The summed E-state index contributed by atoms with van der Waals surface area (Å²) in [6.45, 7) is 3.15. The molecule has 7 nitrogen and oxygen atoms in total. The summed E-state index contributed by atoms with van der Waals surface area (Å²) in [5.41, 5.74) is 0.684. The summed E-state index contributed by atoms with van der Waals surface area (Å²) in [6.07, 6.45) is -4.04. The van der Waals surface area contributed by atoms with Crippen molar-refractivity contribution >= 4 is 21.8 Å². The van der Waals surface area contributed by atoms with Crippen LogP contribution in [0.5, 0.6) is 0 Å². The first kappa shape index (κ1) is 26.7. The molecule has 35 heavy (non-hydrogen) atoms. The molecule has 2 N–H and O–H groups in total. The van der Waals surface area contributed by atoms with Crippen molar-refractivity contribution < 1.29 is 31.2 Å². The highest BCUT2D eigenvalue weighted by molar-refractivity contribution is 7.89. The Kier molecular flexibility index (Phi) is 8.22. The summed E-state index contributed by atoms with van der Waals surface area (Å²) >= 11 is 0. The first-order valence-corrected chi connectivity index (χ1v) is 12.6. The molecule has 1 atom stereocenters. The summed E-state index contributed by atoms with van der Waals surface area (Å²) in [5, 5.41) is 5.51. The molecule has 0 aromatic heterocycles. The quantitative estimate of drug-likeness (QED) is 0.598. The Bertz CT molecular complexity index is 1180. The largest absolute Gasteiger partial charge is 0.417 e. The van der Waals surface area contributed by atoms with Crippen LogP contribution >= 0.6 is 0 Å². The third-order valence-corrected chi connectivity index (χ3v) is 7.95. The molecule has 3 rings (SSSR count). The van der Waals surface area contributed by atoms with E-state index in [0.29, 0.717) is 6.42 Å². The monoisotopic (exact) mass is 511 g/mol. The molecule has 0 spiro atoms. The van der Waals surface area contributed by atoms with E-state index in [9.17, 15) is 31.2 Å². The Morgan fingerprint density at radius 2 is 1.66 bits per heavy atom. The zero-order valence-corrected chi connectivity index (χ0v) is 20.2. The average Bonchev–Trinajstić information content (AvgIpc) is 2.79. The van der Waals surface area contributed by atoms with E-state index in [-0.39, 0.29) is 37.9 Å². The molecule has 0 saturated carbocycles. The van der Waals surface area contributed by atoms with E-state index in [0.717, 1.165) is 33.6 Å². The second-order valence-corrected chi connectivity index (χ2v) is 10.5. The summed E-state index contributed by atoms with van der Waals surface area (Å²) < 4.78 is 66.9. The van der Waals surface area contributed by atoms with Gasteiger partial charge in [0.1, 0.15) is 6.04 Å². The Hall–Kier alpha value is -2.92. The number of alkyl halides is 3. The van der Waals surface area contributed by atoms with Crippen molar-refractivity contribution in [3.05, 3.63) is 65.2 Å². The van der Waals surface area contributed by atoms with Crippen molar-refractivity contribution in [2.45, 2.75) is 56.3 Å². The Morgan fingerprint density at radius 1 is 1.06 bits per heavy atom. The lowest BCUT2D eigenvalue weighted by Crippen LogP contribution is -2.53. The summed E-state index contributed by atoms with van der Waals surface area (Å²) in [6, 6.07) is 10.4. The molecular formula is C24H28F3N3O4S. The Balaban J connectivity index is 1.66. The number of sulfonamides is 1. The van der Waals surface area contributed by atoms with Gasteiger partial charge in [0.25, 0.3) is 0 Å². The predicted octanol–water partition coefficient (Wildman–Crippen LogP) is 3.03. The van der Waals surface area contributed by atoms with E-state index in [1.165, 1.54) is 13.0 Å². The van der Waals surface area contributed by atoms with E-state index >= 15 is 0 Å². The van der Waals surface area contributed by atoms with Gasteiger partial charge in [-0.15, -0.1) is 0 Å². The number of rotatable bonds is 7. The normalized spacial score (nSPS) is 16.5. The minimum atomic E-state index is -4.80. The predicted molar refractivity (Wildman–Crippen MR) is 124 cm³/mol. The van der Waals surface area contributed by atoms with Gasteiger partial charge in [0.2, 0.25) is 21.8 Å². The minimum Gasteiger partial charge on any atom is -0.351 e. The molecule has 0 aliphatic carbocycles. The van der Waals surface area contributed by atoms with Crippen LogP contribution in [0.25, 0.3) is 0 Å². The third-order valence-electron chi connectivity index (χ3n) is 5.99. The molecule has 1 fully saturated rings. The van der Waals surface area contributed by atoms with Crippen LogP contribution < -0.4 is 10.6 Å². The highest BCUT2D eigenvalue weighted by atomic mass is 32.2. The first-order valence-electron chi connectivity index (χ1n) is 11.2. The first-order chi connectivity index (χ1) is 16.4. The van der Waals surface area contributed by atoms with Crippen LogP contribution in [0.1, 0.15) is 36.5 Å². The Labute approximate surface area is 202 Å². The standard InChI is InChI=1S/C24H28F3N3O4S/c1-16-7-3-4-8-18(16)15-21(28-17(2)31)23(32)29-19-11-13-30(14-12-19)35(33,34)22-10-6-5-9-20(22)24(25,26)27/h3-10,19,21H,11-15H2,1-2H3,(H,28,31)(H,29,32). The van der Waals surface area contributed by atoms with Crippen LogP contribution in [0.15, 0.2) is 53.4 Å². The second kappa shape index (κ2) is 10.8. The average molecular weight is 512 g/mol. The van der Waals surface area contributed by atoms with E-state index in [2.05, 4.69) is 10.6 Å². The lowest BCUT2D eigenvalue weighted by atomic mass is 9.99. The highest BCUT2D eigenvalue weighted by Crippen LogP contribution is 2.35. The van der Waals surface area contributed by atoms with E-state index in [4.69, 9.17) is 0 Å². The van der Waals surface area contributed by atoms with Gasteiger partial charge >= 0.3 is 6.18 Å². The van der Waals surface area contributed by atoms with Crippen LogP contribution in [0.3, 0.4) is 0 Å². The SMILES string of the molecule is CC(=O)NC(Cc1ccccc1C)C(=O)NC1CCN(S(=O)(=O)c2ccccc2C(F)(F)F)CC1. The number of benzene rings is 2. The molecule has 1 saturated heterocycles. The summed E-state index contributed by atoms with van der Waals surface area (Å²) in [4.78, 5) is 23.8. The van der Waals surface area contributed by atoms with Gasteiger partial charge in [-0.2, -0.15) is 17.5 Å². The van der Waals surface area contributed by atoms with Crippen LogP contribution in [0.2, 0.25) is 0 Å². The number of carbonyl (C=O) groups is 2. The van der Waals surface area contributed by atoms with Crippen LogP contribution in [0.4, 0.5) is 13.2 Å². The second-order valence-electron chi connectivity index (χ2n) is 8.56. The number of aryl methyl sites for hydroxylation is 1. The summed E-state index contributed by atoms with van der Waals surface area (Å²) in [7, 11) is -4.36. The lowest BCUT2D eigenvalue weighted by Gasteiger charge is -2.33. The van der Waals surface area contributed by atoms with Gasteiger partial charge in [-0.3, -0.25) is 9.59 Å². The number of carbonyl (C=O) groups excluding carboxylic acids is 2. The molecule has 1 unspecified atom stereocenters. The number of halogens is 3. The van der Waals surface area contributed by atoms with Gasteiger partial charge in [0.15, 0.2) is 0 Å². The maximum atomic E-state index is 13.3. The number of amides is 2. The molecule has 2 aromatic rings. The van der Waals surface area contributed by atoms with Crippen molar-refractivity contribution in [2.24, 2.45) is 0 Å². The Morgan fingerprint density at radius 3 is 2.26 bits per heavy atom. The van der Waals surface area contributed by atoms with Gasteiger partial charge in [-0.05, 0) is 43.0 Å². The third kappa shape index (κ3) is 6.61. The van der Waals surface area contributed by atoms with Gasteiger partial charge in [-0.25, -0.2) is 8.42 Å². The van der Waals surface area contributed by atoms with Crippen LogP contribution in [-0.2, 0) is 32.2 Å². The van der Waals surface area contributed by atoms with Crippen molar-refractivity contribution in [1.29, 1.82) is 0 Å². The van der Waals surface area contributed by atoms with Crippen LogP contribution in [0, 0.1) is 6.92 Å². The number of hydrogen-bond donors (Lipinski definition) is 2. The fraction of sp³-hybridized carbons (Fsp3) is 0.417. The maximum absolute atomic E-state index is 13.3. The molecule has 190 valence electrons. The maximum Gasteiger partial charge on any atom is 0.417 e. The lowest BCUT2D eigenvalue weighted by molar-refractivity contribution is -0.140. The van der Waals surface area contributed by atoms with E-state index < -0.39 is 38.6 Å². The van der Waals surface area contributed by atoms with Crippen molar-refractivity contribution in [2.75, 3.05) is 13.1 Å². The molecule has 1 heterocycles. The zero-order chi connectivity index (χ0) is 25.8. The molecule has 2 amide bonds. The molecular weight excluding hydrogens is 483 g/mol. The number of nitrogens with zero attached hydrogens (tertiary/aromatic N) is 1. The minimum absolute atomic E-state index is 0.0396.